The zero-order valence-corrected chi connectivity index (χ0v) is 17.9. The van der Waals surface area contributed by atoms with Gasteiger partial charge in [0.05, 0.1) is 5.69 Å². The molecule has 0 spiro atoms. The number of amides is 2. The first-order valence-electron chi connectivity index (χ1n) is 10.3. The molecule has 0 aromatic heterocycles. The predicted octanol–water partition coefficient (Wildman–Crippen LogP) is 2.05. The van der Waals surface area contributed by atoms with Gasteiger partial charge < -0.3 is 10.1 Å². The van der Waals surface area contributed by atoms with Crippen LogP contribution in [0.2, 0.25) is 0 Å². The van der Waals surface area contributed by atoms with Crippen molar-refractivity contribution in [2.24, 2.45) is 0 Å². The van der Waals surface area contributed by atoms with Gasteiger partial charge in [-0.1, -0.05) is 42.8 Å². The van der Waals surface area contributed by atoms with Gasteiger partial charge >= 0.3 is 10.2 Å². The SMILES string of the molecule is O=C1CCCCC(Cc2ccc(N3CC(=O)NS3(=O)=O)c(OCc3ccccc3)c2)N1. The van der Waals surface area contributed by atoms with Crippen LogP contribution < -0.4 is 19.1 Å². The third-order valence-corrected chi connectivity index (χ3v) is 6.80. The monoisotopic (exact) mass is 443 g/mol. The van der Waals surface area contributed by atoms with Crippen LogP contribution in [0, 0.1) is 0 Å². The molecule has 2 aromatic rings. The van der Waals surface area contributed by atoms with Gasteiger partial charge in [0.25, 0.3) is 5.91 Å². The van der Waals surface area contributed by atoms with E-state index < -0.39 is 16.1 Å². The van der Waals surface area contributed by atoms with Gasteiger partial charge in [-0.25, -0.2) is 9.03 Å². The quantitative estimate of drug-likeness (QED) is 0.711. The van der Waals surface area contributed by atoms with Gasteiger partial charge in [-0.15, -0.1) is 0 Å². The van der Waals surface area contributed by atoms with Crippen LogP contribution in [0.25, 0.3) is 0 Å². The second kappa shape index (κ2) is 8.97. The molecule has 0 bridgehead atoms. The third kappa shape index (κ3) is 5.16. The lowest BCUT2D eigenvalue weighted by Crippen LogP contribution is -2.34. The second-order valence-corrected chi connectivity index (χ2v) is 9.42. The molecule has 9 heteroatoms. The number of carbonyl (C=O) groups is 2. The van der Waals surface area contributed by atoms with Crippen molar-refractivity contribution in [1.82, 2.24) is 10.0 Å². The van der Waals surface area contributed by atoms with Crippen LogP contribution in [0.5, 0.6) is 5.75 Å². The van der Waals surface area contributed by atoms with Crippen molar-refractivity contribution in [2.45, 2.75) is 44.8 Å². The van der Waals surface area contributed by atoms with Gasteiger partial charge in [0, 0.05) is 12.5 Å². The van der Waals surface area contributed by atoms with E-state index in [4.69, 9.17) is 4.74 Å². The highest BCUT2D eigenvalue weighted by molar-refractivity contribution is 7.92. The summed E-state index contributed by atoms with van der Waals surface area (Å²) in [6, 6.07) is 14.9. The first kappa shape index (κ1) is 21.2. The van der Waals surface area contributed by atoms with E-state index in [1.807, 2.05) is 41.1 Å². The molecule has 2 aliphatic rings. The molecular weight excluding hydrogens is 418 g/mol. The lowest BCUT2D eigenvalue weighted by atomic mass is 10.0. The topological polar surface area (TPSA) is 105 Å². The van der Waals surface area contributed by atoms with Crippen LogP contribution in [0.3, 0.4) is 0 Å². The number of hydrogen-bond donors (Lipinski definition) is 2. The molecule has 0 aliphatic carbocycles. The zero-order chi connectivity index (χ0) is 21.8. The Morgan fingerprint density at radius 2 is 1.81 bits per heavy atom. The normalized spacial score (nSPS) is 20.6. The van der Waals surface area contributed by atoms with Crippen LogP contribution in [-0.4, -0.2) is 32.8 Å². The number of anilines is 1. The van der Waals surface area contributed by atoms with E-state index in [1.165, 1.54) is 0 Å². The average Bonchev–Trinajstić information content (AvgIpc) is 2.87. The lowest BCUT2D eigenvalue weighted by Gasteiger charge is -2.21. The molecule has 0 saturated carbocycles. The van der Waals surface area contributed by atoms with Gasteiger partial charge in [-0.05, 0) is 42.5 Å². The number of rotatable bonds is 6. The summed E-state index contributed by atoms with van der Waals surface area (Å²) in [6.07, 6.45) is 3.94. The number of benzene rings is 2. The average molecular weight is 444 g/mol. The molecule has 1 atom stereocenters. The Kier molecular flexibility index (Phi) is 6.13. The maximum Gasteiger partial charge on any atom is 0.326 e. The molecule has 31 heavy (non-hydrogen) atoms. The Morgan fingerprint density at radius 3 is 2.55 bits per heavy atom. The molecule has 2 aromatic carbocycles. The van der Waals surface area contributed by atoms with Gasteiger partial charge in [0.2, 0.25) is 5.91 Å². The summed E-state index contributed by atoms with van der Waals surface area (Å²) in [6.45, 7) is -0.0330. The number of carbonyl (C=O) groups excluding carboxylic acids is 2. The molecule has 4 rings (SSSR count). The summed E-state index contributed by atoms with van der Waals surface area (Å²) in [7, 11) is -3.95. The summed E-state index contributed by atoms with van der Waals surface area (Å²) in [5, 5.41) is 3.05. The number of nitrogens with one attached hydrogen (secondary N) is 2. The summed E-state index contributed by atoms with van der Waals surface area (Å²) < 4.78 is 33.8. The van der Waals surface area contributed by atoms with Crippen molar-refractivity contribution in [1.29, 1.82) is 0 Å². The predicted molar refractivity (Wildman–Crippen MR) is 116 cm³/mol. The maximum atomic E-state index is 12.4. The molecule has 2 heterocycles. The first-order valence-corrected chi connectivity index (χ1v) is 11.8. The van der Waals surface area contributed by atoms with Crippen LogP contribution in [0.1, 0.15) is 36.8 Å². The Balaban J connectivity index is 1.61. The van der Waals surface area contributed by atoms with Gasteiger partial charge in [-0.3, -0.25) is 9.59 Å². The fraction of sp³-hybridized carbons (Fsp3) is 0.364. The Bertz CT molecular complexity index is 1070. The van der Waals surface area contributed by atoms with Crippen molar-refractivity contribution < 1.29 is 22.7 Å². The second-order valence-electron chi connectivity index (χ2n) is 7.83. The first-order chi connectivity index (χ1) is 14.9. The highest BCUT2D eigenvalue weighted by Crippen LogP contribution is 2.34. The molecule has 2 N–H and O–H groups in total. The largest absolute Gasteiger partial charge is 0.487 e. The van der Waals surface area contributed by atoms with Crippen LogP contribution in [0.4, 0.5) is 5.69 Å². The molecule has 2 fully saturated rings. The van der Waals surface area contributed by atoms with E-state index >= 15 is 0 Å². The minimum absolute atomic E-state index is 0.0292. The number of hydrogen-bond acceptors (Lipinski definition) is 5. The molecule has 2 amide bonds. The fourth-order valence-electron chi connectivity index (χ4n) is 3.89. The van der Waals surface area contributed by atoms with E-state index in [-0.39, 0.29) is 25.1 Å². The minimum Gasteiger partial charge on any atom is -0.487 e. The van der Waals surface area contributed by atoms with Crippen molar-refractivity contribution in [3.05, 3.63) is 59.7 Å². The standard InChI is InChI=1S/C22H25N3O5S/c26-21-9-5-4-8-18(23-21)12-17-10-11-19(25-14-22(27)24-31(25,28)29)20(13-17)30-15-16-6-2-1-3-7-16/h1-3,6-7,10-11,13,18H,4-5,8-9,12,14-15H2,(H,23,26)(H,24,27). The minimum atomic E-state index is -3.95. The molecule has 0 radical (unpaired) electrons. The number of ether oxygens (including phenoxy) is 1. The third-order valence-electron chi connectivity index (χ3n) is 5.40. The molecule has 2 aliphatic heterocycles. The summed E-state index contributed by atoms with van der Waals surface area (Å²) >= 11 is 0. The van der Waals surface area contributed by atoms with Gasteiger partial charge in [0.1, 0.15) is 18.9 Å². The summed E-state index contributed by atoms with van der Waals surface area (Å²) in [5.74, 6) is -0.145. The maximum absolute atomic E-state index is 12.4. The summed E-state index contributed by atoms with van der Waals surface area (Å²) in [4.78, 5) is 23.6. The molecule has 2 saturated heterocycles. The van der Waals surface area contributed by atoms with Crippen molar-refractivity contribution in [3.63, 3.8) is 0 Å². The van der Waals surface area contributed by atoms with E-state index in [9.17, 15) is 18.0 Å². The van der Waals surface area contributed by atoms with E-state index in [0.717, 1.165) is 34.7 Å². The van der Waals surface area contributed by atoms with E-state index in [0.29, 0.717) is 24.3 Å². The van der Waals surface area contributed by atoms with Crippen LogP contribution in [-0.2, 0) is 32.8 Å². The zero-order valence-electron chi connectivity index (χ0n) is 17.0. The highest BCUT2D eigenvalue weighted by atomic mass is 32.2. The van der Waals surface area contributed by atoms with Crippen molar-refractivity contribution in [2.75, 3.05) is 10.8 Å². The fourth-order valence-corrected chi connectivity index (χ4v) is 5.05. The van der Waals surface area contributed by atoms with Crippen LogP contribution in [0.15, 0.2) is 48.5 Å². The molecular formula is C22H25N3O5S. The Labute approximate surface area is 181 Å². The Morgan fingerprint density at radius 1 is 1.00 bits per heavy atom. The Hall–Kier alpha value is -3.07. The molecule has 1 unspecified atom stereocenters. The van der Waals surface area contributed by atoms with Gasteiger partial charge in [0.15, 0.2) is 0 Å². The molecule has 8 nitrogen and oxygen atoms in total. The highest BCUT2D eigenvalue weighted by Gasteiger charge is 2.35. The van der Waals surface area contributed by atoms with Crippen molar-refractivity contribution >= 4 is 27.7 Å². The number of nitrogens with zero attached hydrogens (tertiary/aromatic N) is 1. The van der Waals surface area contributed by atoms with Gasteiger partial charge in [-0.2, -0.15) is 8.42 Å². The lowest BCUT2D eigenvalue weighted by molar-refractivity contribution is -0.121. The van der Waals surface area contributed by atoms with E-state index in [1.54, 1.807) is 12.1 Å². The molecule has 164 valence electrons. The summed E-state index contributed by atoms with van der Waals surface area (Å²) in [5.41, 5.74) is 2.17. The van der Waals surface area contributed by atoms with Crippen LogP contribution >= 0.6 is 0 Å². The smallest absolute Gasteiger partial charge is 0.326 e. The van der Waals surface area contributed by atoms with E-state index in [2.05, 4.69) is 5.32 Å². The van der Waals surface area contributed by atoms with Crippen molar-refractivity contribution in [3.8, 4) is 5.75 Å².